The normalized spacial score (nSPS) is 17.8. The molecule has 0 aromatic heterocycles. The highest BCUT2D eigenvalue weighted by molar-refractivity contribution is 5.66. The van der Waals surface area contributed by atoms with Gasteiger partial charge in [-0.05, 0) is 25.0 Å². The maximum absolute atomic E-state index is 7.23. The molecule has 0 radical (unpaired) electrons. The lowest BCUT2D eigenvalue weighted by molar-refractivity contribution is 0.277. The first-order valence-corrected chi connectivity index (χ1v) is 4.54. The van der Waals surface area contributed by atoms with Crippen LogP contribution in [0.4, 0.5) is 0 Å². The van der Waals surface area contributed by atoms with Crippen LogP contribution in [0.25, 0.3) is 0 Å². The number of ether oxygens (including phenoxy) is 1. The van der Waals surface area contributed by atoms with Crippen LogP contribution in [0.3, 0.4) is 0 Å². The third-order valence-corrected chi connectivity index (χ3v) is 2.47. The largest absolute Gasteiger partial charge is 0.493 e. The summed E-state index contributed by atoms with van der Waals surface area (Å²) in [7, 11) is 0. The third kappa shape index (κ3) is 1.89. The van der Waals surface area contributed by atoms with Crippen molar-refractivity contribution in [2.24, 2.45) is 5.41 Å². The van der Waals surface area contributed by atoms with Crippen LogP contribution >= 0.6 is 0 Å². The molecule has 2 nitrogen and oxygen atoms in total. The van der Waals surface area contributed by atoms with Crippen molar-refractivity contribution in [2.75, 3.05) is 6.61 Å². The lowest BCUT2D eigenvalue weighted by atomic mass is 10.1. The second-order valence-corrected chi connectivity index (χ2v) is 3.61. The quantitative estimate of drug-likeness (QED) is 0.701. The van der Waals surface area contributed by atoms with Gasteiger partial charge in [0.25, 0.3) is 0 Å². The van der Waals surface area contributed by atoms with E-state index in [1.165, 1.54) is 6.21 Å². The molecule has 2 rings (SSSR count). The van der Waals surface area contributed by atoms with Crippen LogP contribution in [-0.2, 0) is 0 Å². The summed E-state index contributed by atoms with van der Waals surface area (Å²) in [6, 6.07) is 9.77. The van der Waals surface area contributed by atoms with Crippen molar-refractivity contribution in [1.29, 1.82) is 5.41 Å². The minimum Gasteiger partial charge on any atom is -0.493 e. The van der Waals surface area contributed by atoms with Gasteiger partial charge in [-0.15, -0.1) is 0 Å². The summed E-state index contributed by atoms with van der Waals surface area (Å²) in [6.45, 7) is 0.653. The van der Waals surface area contributed by atoms with Gasteiger partial charge in [0.1, 0.15) is 5.75 Å². The van der Waals surface area contributed by atoms with E-state index in [-0.39, 0.29) is 5.41 Å². The lowest BCUT2D eigenvalue weighted by Crippen LogP contribution is -2.13. The highest BCUT2D eigenvalue weighted by Crippen LogP contribution is 2.43. The minimum absolute atomic E-state index is 0.0653. The van der Waals surface area contributed by atoms with Crippen molar-refractivity contribution in [1.82, 2.24) is 0 Å². The highest BCUT2D eigenvalue weighted by atomic mass is 16.5. The maximum atomic E-state index is 7.23. The molecule has 1 aromatic rings. The molecule has 1 aliphatic rings. The van der Waals surface area contributed by atoms with Gasteiger partial charge in [-0.1, -0.05) is 18.2 Å². The van der Waals surface area contributed by atoms with Gasteiger partial charge < -0.3 is 10.1 Å². The monoisotopic (exact) mass is 175 g/mol. The van der Waals surface area contributed by atoms with Gasteiger partial charge >= 0.3 is 0 Å². The fraction of sp³-hybridized carbons (Fsp3) is 0.364. The molecule has 0 spiro atoms. The number of nitrogens with one attached hydrogen (secondary N) is 1. The van der Waals surface area contributed by atoms with Crippen LogP contribution in [0.15, 0.2) is 30.3 Å². The molecular formula is C11H13NO. The smallest absolute Gasteiger partial charge is 0.119 e. The molecule has 0 unspecified atom stereocenters. The van der Waals surface area contributed by atoms with Crippen molar-refractivity contribution in [2.45, 2.75) is 12.8 Å². The summed E-state index contributed by atoms with van der Waals surface area (Å²) in [4.78, 5) is 0. The Morgan fingerprint density at radius 3 is 2.54 bits per heavy atom. The molecule has 0 saturated heterocycles. The zero-order valence-corrected chi connectivity index (χ0v) is 7.49. The van der Waals surface area contributed by atoms with Crippen LogP contribution in [0.1, 0.15) is 12.8 Å². The van der Waals surface area contributed by atoms with E-state index in [0.717, 1.165) is 18.6 Å². The molecule has 2 heteroatoms. The average molecular weight is 175 g/mol. The molecule has 68 valence electrons. The Morgan fingerprint density at radius 1 is 1.31 bits per heavy atom. The van der Waals surface area contributed by atoms with E-state index >= 15 is 0 Å². The Hall–Kier alpha value is -1.31. The lowest BCUT2D eigenvalue weighted by Gasteiger charge is -2.10. The van der Waals surface area contributed by atoms with E-state index in [1.54, 1.807) is 0 Å². The van der Waals surface area contributed by atoms with E-state index in [0.29, 0.717) is 6.61 Å². The molecule has 0 bridgehead atoms. The number of hydrogen-bond acceptors (Lipinski definition) is 2. The molecule has 1 saturated carbocycles. The first kappa shape index (κ1) is 8.30. The molecule has 1 aromatic carbocycles. The van der Waals surface area contributed by atoms with Crippen LogP contribution in [-0.4, -0.2) is 12.8 Å². The van der Waals surface area contributed by atoms with Crippen LogP contribution in [0.2, 0.25) is 0 Å². The molecule has 0 amide bonds. The standard InChI is InChI=1S/C11H13NO/c12-8-11(6-7-11)9-13-10-4-2-1-3-5-10/h1-5,8,12H,6-7,9H2. The average Bonchev–Trinajstić information content (AvgIpc) is 2.97. The molecule has 0 heterocycles. The highest BCUT2D eigenvalue weighted by Gasteiger charge is 2.41. The van der Waals surface area contributed by atoms with Gasteiger partial charge in [0, 0.05) is 11.6 Å². The van der Waals surface area contributed by atoms with Crippen LogP contribution in [0, 0.1) is 10.8 Å². The van der Waals surface area contributed by atoms with Crippen molar-refractivity contribution in [3.63, 3.8) is 0 Å². The molecular weight excluding hydrogens is 162 g/mol. The predicted molar refractivity (Wildman–Crippen MR) is 52.4 cm³/mol. The van der Waals surface area contributed by atoms with Gasteiger partial charge in [0.2, 0.25) is 0 Å². The Balaban J connectivity index is 1.90. The molecule has 0 aliphatic heterocycles. The topological polar surface area (TPSA) is 33.1 Å². The first-order valence-electron chi connectivity index (χ1n) is 4.54. The summed E-state index contributed by atoms with van der Waals surface area (Å²) in [5.74, 6) is 0.899. The first-order chi connectivity index (χ1) is 6.35. The van der Waals surface area contributed by atoms with E-state index in [1.807, 2.05) is 30.3 Å². The van der Waals surface area contributed by atoms with Crippen LogP contribution in [0.5, 0.6) is 5.75 Å². The fourth-order valence-corrected chi connectivity index (χ4v) is 1.23. The van der Waals surface area contributed by atoms with Crippen molar-refractivity contribution in [3.05, 3.63) is 30.3 Å². The van der Waals surface area contributed by atoms with Gasteiger partial charge in [-0.25, -0.2) is 0 Å². The summed E-state index contributed by atoms with van der Waals surface area (Å²) >= 11 is 0. The Labute approximate surface area is 78.0 Å². The fourth-order valence-electron chi connectivity index (χ4n) is 1.23. The summed E-state index contributed by atoms with van der Waals surface area (Å²) in [6.07, 6.45) is 3.72. The van der Waals surface area contributed by atoms with E-state index in [4.69, 9.17) is 10.1 Å². The van der Waals surface area contributed by atoms with E-state index in [2.05, 4.69) is 0 Å². The molecule has 13 heavy (non-hydrogen) atoms. The number of hydrogen-bond donors (Lipinski definition) is 1. The van der Waals surface area contributed by atoms with Gasteiger partial charge in [0.05, 0.1) is 6.61 Å². The number of rotatable bonds is 4. The second-order valence-electron chi connectivity index (χ2n) is 3.61. The van der Waals surface area contributed by atoms with Crippen molar-refractivity contribution >= 4 is 6.21 Å². The molecule has 0 atom stereocenters. The summed E-state index contributed by atoms with van der Waals surface area (Å²) in [5, 5.41) is 7.23. The minimum atomic E-state index is 0.0653. The van der Waals surface area contributed by atoms with Crippen LogP contribution < -0.4 is 4.74 Å². The predicted octanol–water partition coefficient (Wildman–Crippen LogP) is 2.50. The maximum Gasteiger partial charge on any atom is 0.119 e. The zero-order chi connectivity index (χ0) is 9.15. The summed E-state index contributed by atoms with van der Waals surface area (Å²) < 4.78 is 5.57. The Morgan fingerprint density at radius 2 is 2.00 bits per heavy atom. The third-order valence-electron chi connectivity index (χ3n) is 2.47. The van der Waals surface area contributed by atoms with Crippen molar-refractivity contribution in [3.8, 4) is 5.75 Å². The van der Waals surface area contributed by atoms with Crippen molar-refractivity contribution < 1.29 is 4.74 Å². The summed E-state index contributed by atoms with van der Waals surface area (Å²) in [5.41, 5.74) is 0.0653. The molecule has 1 fully saturated rings. The van der Waals surface area contributed by atoms with Gasteiger partial charge in [-0.3, -0.25) is 0 Å². The molecule has 1 aliphatic carbocycles. The Kier molecular flexibility index (Phi) is 2.05. The Bertz CT molecular complexity index is 290. The van der Waals surface area contributed by atoms with Gasteiger partial charge in [-0.2, -0.15) is 0 Å². The van der Waals surface area contributed by atoms with E-state index < -0.39 is 0 Å². The zero-order valence-electron chi connectivity index (χ0n) is 7.49. The second kappa shape index (κ2) is 3.21. The van der Waals surface area contributed by atoms with E-state index in [9.17, 15) is 0 Å². The van der Waals surface area contributed by atoms with Gasteiger partial charge in [0.15, 0.2) is 0 Å². The molecule has 1 N–H and O–H groups in total. The SMILES string of the molecule is N=CC1(COc2ccccc2)CC1. The number of benzene rings is 1. The number of para-hydroxylation sites is 1.